The van der Waals surface area contributed by atoms with E-state index in [2.05, 4.69) is 4.98 Å². The van der Waals surface area contributed by atoms with Crippen LogP contribution in [-0.2, 0) is 11.3 Å². The average Bonchev–Trinajstić information content (AvgIpc) is 2.69. The number of amides is 1. The third kappa shape index (κ3) is 4.41. The van der Waals surface area contributed by atoms with Gasteiger partial charge in [-0.3, -0.25) is 9.69 Å². The van der Waals surface area contributed by atoms with Gasteiger partial charge in [-0.1, -0.05) is 60.1 Å². The van der Waals surface area contributed by atoms with Crippen molar-refractivity contribution in [3.8, 4) is 5.75 Å². The maximum Gasteiger partial charge on any atom is 0.269 e. The monoisotopic (exact) mass is 366 g/mol. The number of benzene rings is 2. The van der Waals surface area contributed by atoms with E-state index in [0.717, 1.165) is 5.56 Å². The number of pyridine rings is 1. The first-order valence-corrected chi connectivity index (χ1v) is 8.70. The number of ether oxygens (including phenoxy) is 1. The van der Waals surface area contributed by atoms with Crippen LogP contribution in [0.2, 0.25) is 5.02 Å². The first kappa shape index (κ1) is 18.0. The van der Waals surface area contributed by atoms with E-state index >= 15 is 0 Å². The van der Waals surface area contributed by atoms with Crippen LogP contribution >= 0.6 is 11.6 Å². The number of aromatic nitrogens is 1. The second kappa shape index (κ2) is 8.50. The second-order valence-corrected chi connectivity index (χ2v) is 6.20. The lowest BCUT2D eigenvalue weighted by atomic mass is 10.2. The Morgan fingerprint density at radius 3 is 2.42 bits per heavy atom. The Morgan fingerprint density at radius 2 is 1.73 bits per heavy atom. The SMILES string of the molecule is CC(Oc1ccccc1Cl)C(=O)N(Cc1ccccc1)c1ccccn1. The molecule has 0 aliphatic rings. The lowest BCUT2D eigenvalue weighted by Crippen LogP contribution is -2.40. The van der Waals surface area contributed by atoms with E-state index in [1.807, 2.05) is 60.7 Å². The molecule has 4 nitrogen and oxygen atoms in total. The first-order valence-electron chi connectivity index (χ1n) is 8.32. The zero-order valence-corrected chi connectivity index (χ0v) is 15.1. The fourth-order valence-electron chi connectivity index (χ4n) is 2.55. The Hall–Kier alpha value is -2.85. The highest BCUT2D eigenvalue weighted by Gasteiger charge is 2.25. The van der Waals surface area contributed by atoms with Crippen molar-refractivity contribution in [2.24, 2.45) is 0 Å². The average molecular weight is 367 g/mol. The molecular formula is C21H19ClN2O2. The van der Waals surface area contributed by atoms with Gasteiger partial charge in [0.05, 0.1) is 11.6 Å². The molecule has 132 valence electrons. The van der Waals surface area contributed by atoms with Crippen LogP contribution in [-0.4, -0.2) is 17.0 Å². The molecule has 26 heavy (non-hydrogen) atoms. The summed E-state index contributed by atoms with van der Waals surface area (Å²) in [5, 5.41) is 0.472. The number of nitrogens with zero attached hydrogens (tertiary/aromatic N) is 2. The summed E-state index contributed by atoms with van der Waals surface area (Å²) in [6.45, 7) is 2.12. The Kier molecular flexibility index (Phi) is 5.87. The van der Waals surface area contributed by atoms with Crippen molar-refractivity contribution in [3.63, 3.8) is 0 Å². The van der Waals surface area contributed by atoms with Gasteiger partial charge in [-0.05, 0) is 36.8 Å². The minimum Gasteiger partial charge on any atom is -0.479 e. The highest BCUT2D eigenvalue weighted by atomic mass is 35.5. The van der Waals surface area contributed by atoms with Crippen LogP contribution in [0.5, 0.6) is 5.75 Å². The number of para-hydroxylation sites is 1. The molecule has 1 atom stereocenters. The van der Waals surface area contributed by atoms with Gasteiger partial charge in [0, 0.05) is 6.20 Å². The summed E-state index contributed by atoms with van der Waals surface area (Å²) in [4.78, 5) is 19.0. The minimum atomic E-state index is -0.708. The van der Waals surface area contributed by atoms with Gasteiger partial charge in [-0.15, -0.1) is 0 Å². The summed E-state index contributed by atoms with van der Waals surface area (Å²) in [6, 6.07) is 22.4. The highest BCUT2D eigenvalue weighted by Crippen LogP contribution is 2.25. The molecule has 0 saturated carbocycles. The van der Waals surface area contributed by atoms with Gasteiger partial charge in [-0.2, -0.15) is 0 Å². The van der Waals surface area contributed by atoms with Crippen LogP contribution < -0.4 is 9.64 Å². The standard InChI is InChI=1S/C21H19ClN2O2/c1-16(26-19-12-6-5-11-18(19)22)21(25)24(20-13-7-8-14-23-20)15-17-9-3-2-4-10-17/h2-14,16H,15H2,1H3. The van der Waals surface area contributed by atoms with Gasteiger partial charge < -0.3 is 4.74 Å². The molecule has 5 heteroatoms. The van der Waals surface area contributed by atoms with Crippen LogP contribution in [0.25, 0.3) is 0 Å². The second-order valence-electron chi connectivity index (χ2n) is 5.79. The molecule has 1 amide bonds. The predicted octanol–water partition coefficient (Wildman–Crippen LogP) is 4.74. The van der Waals surface area contributed by atoms with E-state index in [0.29, 0.717) is 23.1 Å². The molecule has 0 saturated heterocycles. The minimum absolute atomic E-state index is 0.188. The fourth-order valence-corrected chi connectivity index (χ4v) is 2.73. The number of halogens is 1. The highest BCUT2D eigenvalue weighted by molar-refractivity contribution is 6.32. The molecule has 0 aliphatic carbocycles. The molecule has 1 unspecified atom stereocenters. The first-order chi connectivity index (χ1) is 12.6. The Balaban J connectivity index is 1.83. The molecular weight excluding hydrogens is 348 g/mol. The molecule has 0 bridgehead atoms. The molecule has 0 radical (unpaired) electrons. The van der Waals surface area contributed by atoms with Crippen LogP contribution in [0, 0.1) is 0 Å². The number of hydrogen-bond donors (Lipinski definition) is 0. The van der Waals surface area contributed by atoms with E-state index in [1.165, 1.54) is 0 Å². The van der Waals surface area contributed by atoms with Crippen molar-refractivity contribution in [2.45, 2.75) is 19.6 Å². The summed E-state index contributed by atoms with van der Waals surface area (Å²) in [5.41, 5.74) is 1.01. The summed E-state index contributed by atoms with van der Waals surface area (Å²) >= 11 is 6.14. The van der Waals surface area contributed by atoms with Crippen molar-refractivity contribution in [1.82, 2.24) is 4.98 Å². The third-order valence-electron chi connectivity index (χ3n) is 3.86. The predicted molar refractivity (Wildman–Crippen MR) is 103 cm³/mol. The normalized spacial score (nSPS) is 11.6. The van der Waals surface area contributed by atoms with Crippen LogP contribution in [0.15, 0.2) is 79.0 Å². The summed E-state index contributed by atoms with van der Waals surface area (Å²) < 4.78 is 5.80. The Bertz CT molecular complexity index is 856. The van der Waals surface area contributed by atoms with Gasteiger partial charge in [-0.25, -0.2) is 4.98 Å². The molecule has 0 aliphatic heterocycles. The Labute approximate surface area is 158 Å². The number of carbonyl (C=O) groups excluding carboxylic acids is 1. The maximum atomic E-state index is 13.1. The van der Waals surface area contributed by atoms with Crippen LogP contribution in [0.1, 0.15) is 12.5 Å². The van der Waals surface area contributed by atoms with Gasteiger partial charge in [0.2, 0.25) is 0 Å². The summed E-state index contributed by atoms with van der Waals surface area (Å²) in [5.74, 6) is 0.874. The summed E-state index contributed by atoms with van der Waals surface area (Å²) in [7, 11) is 0. The zero-order chi connectivity index (χ0) is 18.4. The molecule has 2 aromatic carbocycles. The topological polar surface area (TPSA) is 42.4 Å². The molecule has 0 N–H and O–H groups in total. The molecule has 0 fully saturated rings. The number of hydrogen-bond acceptors (Lipinski definition) is 3. The largest absolute Gasteiger partial charge is 0.479 e. The molecule has 1 heterocycles. The van der Waals surface area contributed by atoms with E-state index < -0.39 is 6.10 Å². The molecule has 1 aromatic heterocycles. The molecule has 3 rings (SSSR count). The van der Waals surface area contributed by atoms with E-state index in [1.54, 1.807) is 30.2 Å². The van der Waals surface area contributed by atoms with E-state index in [9.17, 15) is 4.79 Å². The number of carbonyl (C=O) groups is 1. The lowest BCUT2D eigenvalue weighted by molar-refractivity contribution is -0.124. The quantitative estimate of drug-likeness (QED) is 0.633. The smallest absolute Gasteiger partial charge is 0.269 e. The molecule has 0 spiro atoms. The van der Waals surface area contributed by atoms with Gasteiger partial charge in [0.15, 0.2) is 6.10 Å². The van der Waals surface area contributed by atoms with Gasteiger partial charge >= 0.3 is 0 Å². The van der Waals surface area contributed by atoms with Crippen molar-refractivity contribution in [1.29, 1.82) is 0 Å². The lowest BCUT2D eigenvalue weighted by Gasteiger charge is -2.25. The van der Waals surface area contributed by atoms with E-state index in [-0.39, 0.29) is 5.91 Å². The van der Waals surface area contributed by atoms with Gasteiger partial charge in [0.25, 0.3) is 5.91 Å². The van der Waals surface area contributed by atoms with Crippen molar-refractivity contribution in [3.05, 3.63) is 89.6 Å². The van der Waals surface area contributed by atoms with Crippen molar-refractivity contribution in [2.75, 3.05) is 4.90 Å². The fraction of sp³-hybridized carbons (Fsp3) is 0.143. The third-order valence-corrected chi connectivity index (χ3v) is 4.18. The Morgan fingerprint density at radius 1 is 1.04 bits per heavy atom. The zero-order valence-electron chi connectivity index (χ0n) is 14.4. The number of anilines is 1. The molecule has 3 aromatic rings. The summed E-state index contributed by atoms with van der Waals surface area (Å²) in [6.07, 6.45) is 0.959. The van der Waals surface area contributed by atoms with Crippen LogP contribution in [0.4, 0.5) is 5.82 Å². The van der Waals surface area contributed by atoms with Crippen molar-refractivity contribution >= 4 is 23.3 Å². The van der Waals surface area contributed by atoms with Gasteiger partial charge in [0.1, 0.15) is 11.6 Å². The van der Waals surface area contributed by atoms with Crippen molar-refractivity contribution < 1.29 is 9.53 Å². The maximum absolute atomic E-state index is 13.1. The van der Waals surface area contributed by atoms with Crippen LogP contribution in [0.3, 0.4) is 0 Å². The van der Waals surface area contributed by atoms with E-state index in [4.69, 9.17) is 16.3 Å². The number of rotatable bonds is 6.